The number of nitrogens with zero attached hydrogens (tertiary/aromatic N) is 2. The zero-order chi connectivity index (χ0) is 31.0. The first-order valence-corrected chi connectivity index (χ1v) is 15.6. The number of para-hydroxylation sites is 1. The van der Waals surface area contributed by atoms with Crippen molar-refractivity contribution >= 4 is 27.5 Å². The third-order valence-electron chi connectivity index (χ3n) is 7.23. The molecule has 0 fully saturated rings. The number of rotatable bonds is 12. The van der Waals surface area contributed by atoms with Gasteiger partial charge in [0.05, 0.1) is 10.6 Å². The summed E-state index contributed by atoms with van der Waals surface area (Å²) in [6, 6.07) is 27.4. The van der Waals surface area contributed by atoms with Crippen LogP contribution in [0.3, 0.4) is 0 Å². The van der Waals surface area contributed by atoms with Crippen LogP contribution in [-0.2, 0) is 32.6 Å². The number of benzene rings is 4. The molecule has 0 saturated heterocycles. The molecule has 0 aliphatic rings. The van der Waals surface area contributed by atoms with Crippen LogP contribution < -0.4 is 9.62 Å². The van der Waals surface area contributed by atoms with Crippen molar-refractivity contribution in [2.24, 2.45) is 0 Å². The van der Waals surface area contributed by atoms with Crippen LogP contribution in [0.15, 0.2) is 108 Å². The molecule has 9 heteroatoms. The molecule has 4 aromatic rings. The lowest BCUT2D eigenvalue weighted by Gasteiger charge is -2.34. The van der Waals surface area contributed by atoms with Crippen LogP contribution in [0.4, 0.5) is 10.1 Å². The van der Waals surface area contributed by atoms with Crippen molar-refractivity contribution in [2.45, 2.75) is 44.7 Å². The van der Waals surface area contributed by atoms with Gasteiger partial charge in [0, 0.05) is 19.5 Å². The maximum atomic E-state index is 15.2. The molecule has 0 aliphatic heterocycles. The highest BCUT2D eigenvalue weighted by molar-refractivity contribution is 7.92. The first-order valence-electron chi connectivity index (χ1n) is 14.1. The average molecular weight is 602 g/mol. The van der Waals surface area contributed by atoms with E-state index in [9.17, 15) is 18.0 Å². The highest BCUT2D eigenvalue weighted by atomic mass is 32.2. The minimum absolute atomic E-state index is 0.0514. The van der Waals surface area contributed by atoms with Crippen molar-refractivity contribution in [1.82, 2.24) is 10.2 Å². The second-order valence-corrected chi connectivity index (χ2v) is 12.2. The van der Waals surface area contributed by atoms with Gasteiger partial charge in [0.2, 0.25) is 11.8 Å². The first-order chi connectivity index (χ1) is 20.6. The predicted octanol–water partition coefficient (Wildman–Crippen LogP) is 5.41. The Bertz CT molecular complexity index is 1660. The van der Waals surface area contributed by atoms with Gasteiger partial charge in [-0.05, 0) is 61.7 Å². The van der Waals surface area contributed by atoms with E-state index in [4.69, 9.17) is 0 Å². The number of aryl methyl sites for hydroxylation is 2. The Kier molecular flexibility index (Phi) is 10.3. The lowest BCUT2D eigenvalue weighted by Crippen LogP contribution is -2.53. The average Bonchev–Trinajstić information content (AvgIpc) is 2.99. The Morgan fingerprint density at radius 3 is 2.12 bits per heavy atom. The summed E-state index contributed by atoms with van der Waals surface area (Å²) in [5.74, 6) is -1.80. The minimum Gasteiger partial charge on any atom is -0.355 e. The maximum absolute atomic E-state index is 15.2. The van der Waals surface area contributed by atoms with Crippen LogP contribution in [0.5, 0.6) is 0 Å². The summed E-state index contributed by atoms with van der Waals surface area (Å²) in [6.45, 7) is 5.21. The van der Waals surface area contributed by atoms with Crippen molar-refractivity contribution in [2.75, 3.05) is 17.4 Å². The standard InChI is InChI=1S/C34H36FN3O4S/c1-4-36-34(40)32(22-27-13-6-5-7-14-27)37(23-28-15-9-8-12-26(28)3)33(39)24-38(31-17-11-10-16-30(31)35)43(41,42)29-20-18-25(2)19-21-29/h5-21,32H,4,22-24H2,1-3H3,(H,36,40)/t32-/m1/s1. The lowest BCUT2D eigenvalue weighted by molar-refractivity contribution is -0.140. The zero-order valence-electron chi connectivity index (χ0n) is 24.5. The molecular weight excluding hydrogens is 565 g/mol. The first kappa shape index (κ1) is 31.4. The Balaban J connectivity index is 1.81. The van der Waals surface area contributed by atoms with Gasteiger partial charge in [0.25, 0.3) is 10.0 Å². The highest BCUT2D eigenvalue weighted by Gasteiger charge is 2.35. The summed E-state index contributed by atoms with van der Waals surface area (Å²) in [6.07, 6.45) is 0.203. The van der Waals surface area contributed by atoms with Crippen LogP contribution in [0.1, 0.15) is 29.2 Å². The van der Waals surface area contributed by atoms with Crippen molar-refractivity contribution in [3.63, 3.8) is 0 Å². The largest absolute Gasteiger partial charge is 0.355 e. The number of nitrogens with one attached hydrogen (secondary N) is 1. The van der Waals surface area contributed by atoms with Gasteiger partial charge in [-0.25, -0.2) is 12.8 Å². The van der Waals surface area contributed by atoms with Gasteiger partial charge in [0.1, 0.15) is 18.4 Å². The number of likely N-dealkylation sites (N-methyl/N-ethyl adjacent to an activating group) is 1. The quantitative estimate of drug-likeness (QED) is 0.235. The maximum Gasteiger partial charge on any atom is 0.264 e. The molecule has 7 nitrogen and oxygen atoms in total. The summed E-state index contributed by atoms with van der Waals surface area (Å²) < 4.78 is 43.9. The molecule has 0 aliphatic carbocycles. The lowest BCUT2D eigenvalue weighted by atomic mass is 10.0. The summed E-state index contributed by atoms with van der Waals surface area (Å²) >= 11 is 0. The minimum atomic E-state index is -4.37. The van der Waals surface area contributed by atoms with E-state index in [0.717, 1.165) is 32.6 Å². The van der Waals surface area contributed by atoms with Crippen molar-refractivity contribution in [1.29, 1.82) is 0 Å². The number of hydrogen-bond donors (Lipinski definition) is 1. The van der Waals surface area contributed by atoms with Gasteiger partial charge < -0.3 is 10.2 Å². The van der Waals surface area contributed by atoms with Crippen LogP contribution in [0.2, 0.25) is 0 Å². The topological polar surface area (TPSA) is 86.8 Å². The number of sulfonamides is 1. The monoisotopic (exact) mass is 601 g/mol. The second kappa shape index (κ2) is 14.1. The normalized spacial score (nSPS) is 11.9. The molecule has 0 spiro atoms. The van der Waals surface area contributed by atoms with Crippen LogP contribution in [0, 0.1) is 19.7 Å². The zero-order valence-corrected chi connectivity index (χ0v) is 25.4. The molecule has 0 bridgehead atoms. The van der Waals surface area contributed by atoms with Crippen LogP contribution >= 0.6 is 0 Å². The van der Waals surface area contributed by atoms with E-state index in [1.807, 2.05) is 68.4 Å². The van der Waals surface area contributed by atoms with Crippen molar-refractivity contribution < 1.29 is 22.4 Å². The fourth-order valence-electron chi connectivity index (χ4n) is 4.82. The van der Waals surface area contributed by atoms with Gasteiger partial charge in [0.15, 0.2) is 0 Å². The molecule has 0 heterocycles. The van der Waals surface area contributed by atoms with E-state index in [1.165, 1.54) is 35.2 Å². The van der Waals surface area contributed by atoms with E-state index < -0.39 is 34.3 Å². The van der Waals surface area contributed by atoms with Crippen molar-refractivity contribution in [3.8, 4) is 0 Å². The third-order valence-corrected chi connectivity index (χ3v) is 9.01. The van der Waals surface area contributed by atoms with Crippen molar-refractivity contribution in [3.05, 3.63) is 131 Å². The van der Waals surface area contributed by atoms with Crippen LogP contribution in [-0.4, -0.2) is 44.3 Å². The molecule has 0 saturated carbocycles. The second-order valence-electron chi connectivity index (χ2n) is 10.3. The summed E-state index contributed by atoms with van der Waals surface area (Å²) in [5.41, 5.74) is 3.14. The molecule has 1 atom stereocenters. The van der Waals surface area contributed by atoms with Gasteiger partial charge >= 0.3 is 0 Å². The number of carbonyl (C=O) groups excluding carboxylic acids is 2. The molecule has 0 unspecified atom stereocenters. The molecule has 0 radical (unpaired) electrons. The number of amides is 2. The summed E-state index contributed by atoms with van der Waals surface area (Å²) in [4.78, 5) is 29.2. The molecule has 4 aromatic carbocycles. The van der Waals surface area contributed by atoms with Gasteiger partial charge in [-0.15, -0.1) is 0 Å². The van der Waals surface area contributed by atoms with E-state index in [-0.39, 0.29) is 29.5 Å². The Hall–Kier alpha value is -4.50. The highest BCUT2D eigenvalue weighted by Crippen LogP contribution is 2.27. The predicted molar refractivity (Wildman–Crippen MR) is 166 cm³/mol. The molecule has 43 heavy (non-hydrogen) atoms. The van der Waals surface area contributed by atoms with Gasteiger partial charge in [-0.3, -0.25) is 13.9 Å². The number of hydrogen-bond acceptors (Lipinski definition) is 4. The molecule has 1 N–H and O–H groups in total. The fraction of sp³-hybridized carbons (Fsp3) is 0.235. The number of halogens is 1. The summed E-state index contributed by atoms with van der Waals surface area (Å²) in [7, 11) is -4.37. The SMILES string of the molecule is CCNC(=O)[C@@H](Cc1ccccc1)N(Cc1ccccc1C)C(=O)CN(c1ccccc1F)S(=O)(=O)c1ccc(C)cc1. The summed E-state index contributed by atoms with van der Waals surface area (Å²) in [5, 5.41) is 2.83. The Morgan fingerprint density at radius 2 is 1.47 bits per heavy atom. The fourth-order valence-corrected chi connectivity index (χ4v) is 6.24. The molecule has 224 valence electrons. The van der Waals surface area contributed by atoms with Crippen LogP contribution in [0.25, 0.3) is 0 Å². The Morgan fingerprint density at radius 1 is 0.837 bits per heavy atom. The van der Waals surface area contributed by atoms with E-state index >= 15 is 4.39 Å². The van der Waals surface area contributed by atoms with Gasteiger partial charge in [-0.1, -0.05) is 84.4 Å². The van der Waals surface area contributed by atoms with E-state index in [0.29, 0.717) is 6.54 Å². The Labute approximate surface area is 253 Å². The van der Waals surface area contributed by atoms with E-state index in [2.05, 4.69) is 5.32 Å². The number of carbonyl (C=O) groups is 2. The molecule has 0 aromatic heterocycles. The smallest absolute Gasteiger partial charge is 0.264 e. The molecule has 2 amide bonds. The van der Waals surface area contributed by atoms with Gasteiger partial charge in [-0.2, -0.15) is 0 Å². The molecular formula is C34H36FN3O4S. The molecule has 4 rings (SSSR count). The number of anilines is 1. The van der Waals surface area contributed by atoms with E-state index in [1.54, 1.807) is 19.1 Å². The third kappa shape index (κ3) is 7.67.